The van der Waals surface area contributed by atoms with Crippen LogP contribution < -0.4 is 0 Å². The lowest BCUT2D eigenvalue weighted by Gasteiger charge is -2.15. The molecule has 0 radical (unpaired) electrons. The molecule has 0 bridgehead atoms. The summed E-state index contributed by atoms with van der Waals surface area (Å²) in [6.45, 7) is 3.89. The fourth-order valence-corrected chi connectivity index (χ4v) is 1.21. The van der Waals surface area contributed by atoms with Crippen LogP contribution in [0.4, 0.5) is 0 Å². The van der Waals surface area contributed by atoms with E-state index in [2.05, 4.69) is 6.92 Å². The zero-order valence-electron chi connectivity index (χ0n) is 6.10. The van der Waals surface area contributed by atoms with Crippen LogP contribution in [0.15, 0.2) is 0 Å². The summed E-state index contributed by atoms with van der Waals surface area (Å²) >= 11 is 5.51. The Balaban J connectivity index is 3.41. The Bertz CT molecular complexity index is 63.9. The molecule has 0 aliphatic heterocycles. The summed E-state index contributed by atoms with van der Waals surface area (Å²) in [5.74, 6) is 1.05. The Labute approximate surface area is 62.0 Å². The molecule has 0 aliphatic carbocycles. The van der Waals surface area contributed by atoms with Gasteiger partial charge in [0.15, 0.2) is 0 Å². The lowest BCUT2D eigenvalue weighted by atomic mass is 9.98. The standard InChI is InChI=1S/C7H15ClO/c1-3-7(4-5-8)6(2)9/h6-7,9H,3-5H2,1-2H3. The van der Waals surface area contributed by atoms with Crippen LogP contribution in [-0.4, -0.2) is 17.1 Å². The van der Waals surface area contributed by atoms with Crippen molar-refractivity contribution >= 4 is 11.6 Å². The van der Waals surface area contributed by atoms with Gasteiger partial charge in [-0.05, 0) is 19.3 Å². The van der Waals surface area contributed by atoms with Gasteiger partial charge in [0.2, 0.25) is 0 Å². The molecule has 2 unspecified atom stereocenters. The van der Waals surface area contributed by atoms with Crippen molar-refractivity contribution in [1.29, 1.82) is 0 Å². The van der Waals surface area contributed by atoms with Gasteiger partial charge in [-0.2, -0.15) is 0 Å². The lowest BCUT2D eigenvalue weighted by Crippen LogP contribution is -2.15. The normalized spacial score (nSPS) is 17.3. The Kier molecular flexibility index (Phi) is 5.21. The smallest absolute Gasteiger partial charge is 0.0540 e. The summed E-state index contributed by atoms with van der Waals surface area (Å²) in [6, 6.07) is 0. The van der Waals surface area contributed by atoms with Gasteiger partial charge in [0.1, 0.15) is 0 Å². The third-order valence-corrected chi connectivity index (χ3v) is 1.90. The molecule has 56 valence electrons. The summed E-state index contributed by atoms with van der Waals surface area (Å²) in [4.78, 5) is 0. The Morgan fingerprint density at radius 3 is 2.22 bits per heavy atom. The molecule has 1 nitrogen and oxygen atoms in total. The predicted octanol–water partition coefficient (Wildman–Crippen LogP) is 2.02. The van der Waals surface area contributed by atoms with Gasteiger partial charge >= 0.3 is 0 Å². The second-order valence-corrected chi connectivity index (χ2v) is 2.76. The molecule has 0 saturated heterocycles. The fourth-order valence-electron chi connectivity index (χ4n) is 0.927. The van der Waals surface area contributed by atoms with Crippen LogP contribution in [0.1, 0.15) is 26.7 Å². The maximum atomic E-state index is 9.08. The number of aliphatic hydroxyl groups is 1. The summed E-state index contributed by atoms with van der Waals surface area (Å²) in [5, 5.41) is 9.08. The molecule has 2 heteroatoms. The van der Waals surface area contributed by atoms with Gasteiger partial charge in [0, 0.05) is 5.88 Å². The third kappa shape index (κ3) is 3.77. The number of halogens is 1. The molecule has 0 rings (SSSR count). The van der Waals surface area contributed by atoms with E-state index < -0.39 is 0 Å². The van der Waals surface area contributed by atoms with Crippen molar-refractivity contribution in [3.05, 3.63) is 0 Å². The van der Waals surface area contributed by atoms with Gasteiger partial charge in [-0.25, -0.2) is 0 Å². The number of hydrogen-bond donors (Lipinski definition) is 1. The summed E-state index contributed by atoms with van der Waals surface area (Å²) in [7, 11) is 0. The predicted molar refractivity (Wildman–Crippen MR) is 40.8 cm³/mol. The third-order valence-electron chi connectivity index (χ3n) is 1.69. The lowest BCUT2D eigenvalue weighted by molar-refractivity contribution is 0.121. The minimum absolute atomic E-state index is 0.200. The molecular weight excluding hydrogens is 136 g/mol. The summed E-state index contributed by atoms with van der Waals surface area (Å²) in [5.41, 5.74) is 0. The number of aliphatic hydroxyl groups excluding tert-OH is 1. The van der Waals surface area contributed by atoms with Crippen molar-refractivity contribution in [1.82, 2.24) is 0 Å². The molecule has 9 heavy (non-hydrogen) atoms. The van der Waals surface area contributed by atoms with E-state index in [0.29, 0.717) is 11.8 Å². The Hall–Kier alpha value is 0.250. The van der Waals surface area contributed by atoms with Crippen LogP contribution in [0.2, 0.25) is 0 Å². The van der Waals surface area contributed by atoms with Crippen LogP contribution in [-0.2, 0) is 0 Å². The van der Waals surface area contributed by atoms with E-state index in [-0.39, 0.29) is 6.10 Å². The summed E-state index contributed by atoms with van der Waals surface area (Å²) < 4.78 is 0. The van der Waals surface area contributed by atoms with Crippen LogP contribution >= 0.6 is 11.6 Å². The van der Waals surface area contributed by atoms with E-state index in [1.54, 1.807) is 0 Å². The van der Waals surface area contributed by atoms with Crippen LogP contribution in [0.25, 0.3) is 0 Å². The molecule has 0 fully saturated rings. The quantitative estimate of drug-likeness (QED) is 0.608. The van der Waals surface area contributed by atoms with E-state index in [4.69, 9.17) is 16.7 Å². The highest BCUT2D eigenvalue weighted by atomic mass is 35.5. The molecule has 0 amide bonds. The average molecular weight is 151 g/mol. The topological polar surface area (TPSA) is 20.2 Å². The first-order valence-electron chi connectivity index (χ1n) is 3.46. The van der Waals surface area contributed by atoms with Crippen molar-refractivity contribution in [2.24, 2.45) is 5.92 Å². The zero-order valence-corrected chi connectivity index (χ0v) is 6.86. The first kappa shape index (κ1) is 9.25. The molecule has 2 atom stereocenters. The highest BCUT2D eigenvalue weighted by Gasteiger charge is 2.10. The Morgan fingerprint density at radius 2 is 2.11 bits per heavy atom. The van der Waals surface area contributed by atoms with Gasteiger partial charge in [-0.15, -0.1) is 11.6 Å². The molecule has 0 aliphatic rings. The van der Waals surface area contributed by atoms with Crippen molar-refractivity contribution in [3.63, 3.8) is 0 Å². The summed E-state index contributed by atoms with van der Waals surface area (Å²) in [6.07, 6.45) is 1.74. The van der Waals surface area contributed by atoms with E-state index >= 15 is 0 Å². The van der Waals surface area contributed by atoms with Gasteiger partial charge < -0.3 is 5.11 Å². The maximum Gasteiger partial charge on any atom is 0.0540 e. The van der Waals surface area contributed by atoms with Crippen LogP contribution in [0.3, 0.4) is 0 Å². The highest BCUT2D eigenvalue weighted by Crippen LogP contribution is 2.13. The molecule has 0 heterocycles. The van der Waals surface area contributed by atoms with E-state index in [1.807, 2.05) is 6.92 Å². The molecule has 0 aromatic rings. The SMILES string of the molecule is CCC(CCCl)C(C)O. The van der Waals surface area contributed by atoms with E-state index in [1.165, 1.54) is 0 Å². The van der Waals surface area contributed by atoms with Gasteiger partial charge in [0.25, 0.3) is 0 Å². The van der Waals surface area contributed by atoms with Crippen molar-refractivity contribution in [2.75, 3.05) is 5.88 Å². The number of hydrogen-bond acceptors (Lipinski definition) is 1. The number of rotatable bonds is 4. The molecule has 0 aromatic carbocycles. The monoisotopic (exact) mass is 150 g/mol. The van der Waals surface area contributed by atoms with Gasteiger partial charge in [-0.3, -0.25) is 0 Å². The van der Waals surface area contributed by atoms with Crippen LogP contribution in [0, 0.1) is 5.92 Å². The molecule has 0 spiro atoms. The van der Waals surface area contributed by atoms with Crippen molar-refractivity contribution in [3.8, 4) is 0 Å². The van der Waals surface area contributed by atoms with Crippen LogP contribution in [0.5, 0.6) is 0 Å². The molecule has 1 N–H and O–H groups in total. The number of alkyl halides is 1. The molecule has 0 saturated carbocycles. The zero-order chi connectivity index (χ0) is 7.28. The minimum Gasteiger partial charge on any atom is -0.393 e. The molecule has 0 aromatic heterocycles. The minimum atomic E-state index is -0.200. The van der Waals surface area contributed by atoms with Crippen molar-refractivity contribution < 1.29 is 5.11 Å². The van der Waals surface area contributed by atoms with Crippen molar-refractivity contribution in [2.45, 2.75) is 32.8 Å². The first-order chi connectivity index (χ1) is 4.22. The average Bonchev–Trinajstić information content (AvgIpc) is 1.82. The second kappa shape index (κ2) is 5.07. The maximum absolute atomic E-state index is 9.08. The fraction of sp³-hybridized carbons (Fsp3) is 1.00. The largest absolute Gasteiger partial charge is 0.393 e. The molecular formula is C7H15ClO. The Morgan fingerprint density at radius 1 is 1.56 bits per heavy atom. The highest BCUT2D eigenvalue weighted by molar-refractivity contribution is 6.17. The van der Waals surface area contributed by atoms with E-state index in [9.17, 15) is 0 Å². The second-order valence-electron chi connectivity index (χ2n) is 2.39. The first-order valence-corrected chi connectivity index (χ1v) is 3.99. The van der Waals surface area contributed by atoms with Gasteiger partial charge in [0.05, 0.1) is 6.10 Å². The van der Waals surface area contributed by atoms with E-state index in [0.717, 1.165) is 12.8 Å². The van der Waals surface area contributed by atoms with Gasteiger partial charge in [-0.1, -0.05) is 13.3 Å².